The number of hydrogen-bond donors (Lipinski definition) is 0. The van der Waals surface area contributed by atoms with E-state index in [1.807, 2.05) is 0 Å². The van der Waals surface area contributed by atoms with Crippen molar-refractivity contribution in [3.63, 3.8) is 0 Å². The molecule has 2 rings (SSSR count). The molecule has 16 heavy (non-hydrogen) atoms. The third kappa shape index (κ3) is 2.62. The van der Waals surface area contributed by atoms with Crippen molar-refractivity contribution in [1.29, 1.82) is 0 Å². The van der Waals surface area contributed by atoms with E-state index in [9.17, 15) is 4.79 Å². The first-order valence-electron chi connectivity index (χ1n) is 5.65. The van der Waals surface area contributed by atoms with Crippen molar-refractivity contribution in [3.05, 3.63) is 22.4 Å². The highest BCUT2D eigenvalue weighted by Gasteiger charge is 2.26. The summed E-state index contributed by atoms with van der Waals surface area (Å²) in [4.78, 5) is 14.9. The number of likely N-dealkylation sites (tertiary alicyclic amines) is 1. The summed E-state index contributed by atoms with van der Waals surface area (Å²) in [5.41, 5.74) is 0. The van der Waals surface area contributed by atoms with E-state index in [0.29, 0.717) is 12.5 Å². The lowest BCUT2D eigenvalue weighted by molar-refractivity contribution is -0.141. The Balaban J connectivity index is 1.91. The molecule has 0 saturated carbocycles. The minimum absolute atomic E-state index is 0.114. The molecule has 0 unspecified atom stereocenters. The van der Waals surface area contributed by atoms with Gasteiger partial charge in [-0.25, -0.2) is 0 Å². The summed E-state index contributed by atoms with van der Waals surface area (Å²) in [5.74, 6) is -0.114. The van der Waals surface area contributed by atoms with Crippen LogP contribution in [0.4, 0.5) is 0 Å². The number of methoxy groups -OCH3 is 1. The summed E-state index contributed by atoms with van der Waals surface area (Å²) in [6.45, 7) is 1.91. The fraction of sp³-hybridized carbons (Fsp3) is 0.583. The van der Waals surface area contributed by atoms with Gasteiger partial charge in [0.15, 0.2) is 0 Å². The summed E-state index contributed by atoms with van der Waals surface area (Å²) < 4.78 is 4.67. The van der Waals surface area contributed by atoms with Crippen LogP contribution >= 0.6 is 11.3 Å². The van der Waals surface area contributed by atoms with E-state index in [-0.39, 0.29) is 5.97 Å². The van der Waals surface area contributed by atoms with E-state index in [1.54, 1.807) is 11.3 Å². The standard InChI is InChI=1S/C12H17NO2S/c1-15-12(14)6-8-13-7-2-4-10(13)11-5-3-9-16-11/h3,5,9-10H,2,4,6-8H2,1H3/t10-/m1/s1. The van der Waals surface area contributed by atoms with Crippen molar-refractivity contribution < 1.29 is 9.53 Å². The van der Waals surface area contributed by atoms with Crippen molar-refractivity contribution in [2.75, 3.05) is 20.2 Å². The van der Waals surface area contributed by atoms with E-state index in [1.165, 1.54) is 24.8 Å². The van der Waals surface area contributed by atoms with Gasteiger partial charge in [0.1, 0.15) is 0 Å². The van der Waals surface area contributed by atoms with Gasteiger partial charge in [-0.2, -0.15) is 0 Å². The van der Waals surface area contributed by atoms with Crippen LogP contribution in [0, 0.1) is 0 Å². The fourth-order valence-corrected chi connectivity index (χ4v) is 3.13. The Morgan fingerprint density at radius 3 is 3.25 bits per heavy atom. The average molecular weight is 239 g/mol. The largest absolute Gasteiger partial charge is 0.469 e. The maximum absolute atomic E-state index is 11.1. The van der Waals surface area contributed by atoms with E-state index in [2.05, 4.69) is 27.1 Å². The van der Waals surface area contributed by atoms with Crippen molar-refractivity contribution in [2.45, 2.75) is 25.3 Å². The number of nitrogens with zero attached hydrogens (tertiary/aromatic N) is 1. The van der Waals surface area contributed by atoms with Crippen LogP contribution in [0.1, 0.15) is 30.2 Å². The molecule has 2 heterocycles. The minimum Gasteiger partial charge on any atom is -0.469 e. The molecule has 1 aromatic rings. The van der Waals surface area contributed by atoms with Crippen molar-refractivity contribution in [2.24, 2.45) is 0 Å². The van der Waals surface area contributed by atoms with Gasteiger partial charge in [-0.1, -0.05) is 6.07 Å². The van der Waals surface area contributed by atoms with Crippen molar-refractivity contribution >= 4 is 17.3 Å². The lowest BCUT2D eigenvalue weighted by Gasteiger charge is -2.22. The predicted molar refractivity (Wildman–Crippen MR) is 64.5 cm³/mol. The second-order valence-corrected chi connectivity index (χ2v) is 5.01. The molecule has 88 valence electrons. The molecule has 0 amide bonds. The maximum Gasteiger partial charge on any atom is 0.306 e. The molecule has 0 aliphatic carbocycles. The molecule has 0 spiro atoms. The van der Waals surface area contributed by atoms with Crippen LogP contribution in [0.2, 0.25) is 0 Å². The minimum atomic E-state index is -0.114. The van der Waals surface area contributed by atoms with Gasteiger partial charge in [0.2, 0.25) is 0 Å². The van der Waals surface area contributed by atoms with E-state index in [4.69, 9.17) is 0 Å². The van der Waals surface area contributed by atoms with Crippen LogP contribution in [-0.2, 0) is 9.53 Å². The van der Waals surface area contributed by atoms with E-state index < -0.39 is 0 Å². The Labute approximate surface area is 100 Å². The number of carbonyl (C=O) groups is 1. The molecule has 0 aromatic carbocycles. The van der Waals surface area contributed by atoms with Gasteiger partial charge >= 0.3 is 5.97 Å². The molecule has 1 aliphatic rings. The van der Waals surface area contributed by atoms with Crippen LogP contribution in [-0.4, -0.2) is 31.1 Å². The highest BCUT2D eigenvalue weighted by Crippen LogP contribution is 2.34. The number of carbonyl (C=O) groups excluding carboxylic acids is 1. The molecular formula is C12H17NO2S. The molecule has 1 aromatic heterocycles. The Hall–Kier alpha value is -0.870. The summed E-state index contributed by atoms with van der Waals surface area (Å²) >= 11 is 1.81. The van der Waals surface area contributed by atoms with Gasteiger partial charge in [0.05, 0.1) is 13.5 Å². The molecular weight excluding hydrogens is 222 g/mol. The molecule has 1 fully saturated rings. The summed E-state index contributed by atoms with van der Waals surface area (Å²) in [7, 11) is 1.45. The first kappa shape index (κ1) is 11.6. The van der Waals surface area contributed by atoms with Gasteiger partial charge in [-0.05, 0) is 30.8 Å². The molecule has 0 radical (unpaired) electrons. The lowest BCUT2D eigenvalue weighted by Crippen LogP contribution is -2.25. The van der Waals surface area contributed by atoms with E-state index >= 15 is 0 Å². The fourth-order valence-electron chi connectivity index (χ4n) is 2.23. The van der Waals surface area contributed by atoms with Crippen LogP contribution in [0.25, 0.3) is 0 Å². The highest BCUT2D eigenvalue weighted by molar-refractivity contribution is 7.10. The number of esters is 1. The van der Waals surface area contributed by atoms with Crippen LogP contribution in [0.5, 0.6) is 0 Å². The predicted octanol–water partition coefficient (Wildman–Crippen LogP) is 2.45. The lowest BCUT2D eigenvalue weighted by atomic mass is 10.2. The second kappa shape index (κ2) is 5.46. The number of rotatable bonds is 4. The Kier molecular flexibility index (Phi) is 3.96. The van der Waals surface area contributed by atoms with Gasteiger partial charge in [0.25, 0.3) is 0 Å². The number of hydrogen-bond acceptors (Lipinski definition) is 4. The third-order valence-corrected chi connectivity index (χ3v) is 4.04. The van der Waals surface area contributed by atoms with Gasteiger partial charge < -0.3 is 4.74 Å². The Morgan fingerprint density at radius 2 is 2.56 bits per heavy atom. The highest BCUT2D eigenvalue weighted by atomic mass is 32.1. The van der Waals surface area contributed by atoms with Gasteiger partial charge in [-0.3, -0.25) is 9.69 Å². The topological polar surface area (TPSA) is 29.5 Å². The summed E-state index contributed by atoms with van der Waals surface area (Å²) in [6.07, 6.45) is 2.93. The zero-order valence-corrected chi connectivity index (χ0v) is 10.3. The van der Waals surface area contributed by atoms with Crippen molar-refractivity contribution in [1.82, 2.24) is 4.90 Å². The monoisotopic (exact) mass is 239 g/mol. The van der Waals surface area contributed by atoms with E-state index in [0.717, 1.165) is 13.1 Å². The zero-order valence-electron chi connectivity index (χ0n) is 9.52. The SMILES string of the molecule is COC(=O)CCN1CCC[C@@H]1c1cccs1. The quantitative estimate of drug-likeness (QED) is 0.756. The molecule has 3 nitrogen and oxygen atoms in total. The van der Waals surface area contributed by atoms with Crippen LogP contribution < -0.4 is 0 Å². The molecule has 4 heteroatoms. The summed E-state index contributed by atoms with van der Waals surface area (Å²) in [5, 5.41) is 2.12. The molecule has 0 N–H and O–H groups in total. The summed E-state index contributed by atoms with van der Waals surface area (Å²) in [6, 6.07) is 4.80. The van der Waals surface area contributed by atoms with Crippen LogP contribution in [0.3, 0.4) is 0 Å². The normalized spacial score (nSPS) is 21.2. The van der Waals surface area contributed by atoms with Crippen LogP contribution in [0.15, 0.2) is 17.5 Å². The Morgan fingerprint density at radius 1 is 1.69 bits per heavy atom. The first-order chi connectivity index (χ1) is 7.81. The van der Waals surface area contributed by atoms with Gasteiger partial charge in [-0.15, -0.1) is 11.3 Å². The Bertz CT molecular complexity index is 337. The molecule has 1 atom stereocenters. The number of thiophene rings is 1. The number of ether oxygens (including phenoxy) is 1. The second-order valence-electron chi connectivity index (χ2n) is 4.04. The first-order valence-corrected chi connectivity index (χ1v) is 6.53. The smallest absolute Gasteiger partial charge is 0.306 e. The molecule has 1 aliphatic heterocycles. The zero-order chi connectivity index (χ0) is 11.4. The molecule has 1 saturated heterocycles. The molecule has 0 bridgehead atoms. The maximum atomic E-state index is 11.1. The van der Waals surface area contributed by atoms with Crippen molar-refractivity contribution in [3.8, 4) is 0 Å². The average Bonchev–Trinajstić information content (AvgIpc) is 2.95. The third-order valence-electron chi connectivity index (χ3n) is 3.07. The van der Waals surface area contributed by atoms with Gasteiger partial charge in [0, 0.05) is 17.5 Å².